The maximum atomic E-state index is 12.4. The van der Waals surface area contributed by atoms with Crippen molar-refractivity contribution < 1.29 is 23.9 Å². The van der Waals surface area contributed by atoms with Gasteiger partial charge in [0.2, 0.25) is 0 Å². The van der Waals surface area contributed by atoms with E-state index in [0.717, 1.165) is 5.56 Å². The number of rotatable bonds is 4. The van der Waals surface area contributed by atoms with Crippen molar-refractivity contribution >= 4 is 18.0 Å². The van der Waals surface area contributed by atoms with E-state index in [4.69, 9.17) is 9.47 Å². The number of benzene rings is 1. The molecule has 0 saturated carbocycles. The third-order valence-electron chi connectivity index (χ3n) is 3.06. The minimum Gasteiger partial charge on any atom is -0.444 e. The molecule has 0 unspecified atom stereocenters. The fourth-order valence-corrected chi connectivity index (χ4v) is 1.81. The van der Waals surface area contributed by atoms with Gasteiger partial charge in [0.1, 0.15) is 11.6 Å². The Labute approximate surface area is 148 Å². The van der Waals surface area contributed by atoms with Crippen LogP contribution in [0.2, 0.25) is 0 Å². The van der Waals surface area contributed by atoms with E-state index in [1.807, 2.05) is 30.3 Å². The lowest BCUT2D eigenvalue weighted by molar-refractivity contribution is -0.167. The zero-order valence-corrected chi connectivity index (χ0v) is 15.7. The molecule has 6 heteroatoms. The van der Waals surface area contributed by atoms with E-state index in [9.17, 15) is 14.4 Å². The van der Waals surface area contributed by atoms with Crippen LogP contribution in [0.4, 0.5) is 4.79 Å². The number of esters is 2. The third-order valence-corrected chi connectivity index (χ3v) is 3.06. The van der Waals surface area contributed by atoms with Crippen LogP contribution in [-0.4, -0.2) is 29.7 Å². The molecule has 0 aliphatic carbocycles. The summed E-state index contributed by atoms with van der Waals surface area (Å²) in [6.07, 6.45) is -0.551. The van der Waals surface area contributed by atoms with Gasteiger partial charge >= 0.3 is 18.0 Å². The van der Waals surface area contributed by atoms with Gasteiger partial charge in [-0.3, -0.25) is 4.79 Å². The van der Waals surface area contributed by atoms with Gasteiger partial charge in [0.15, 0.2) is 0 Å². The van der Waals surface area contributed by atoms with E-state index in [1.54, 1.807) is 41.5 Å². The van der Waals surface area contributed by atoms with Crippen LogP contribution in [-0.2, 0) is 25.5 Å². The molecule has 1 atom stereocenters. The van der Waals surface area contributed by atoms with Crippen LogP contribution in [0.1, 0.15) is 47.1 Å². The first kappa shape index (κ1) is 20.7. The Kier molecular flexibility index (Phi) is 6.73. The zero-order chi connectivity index (χ0) is 19.3. The molecule has 138 valence electrons. The van der Waals surface area contributed by atoms with Gasteiger partial charge in [-0.15, -0.1) is 0 Å². The number of carbonyl (C=O) groups is 3. The Hall–Kier alpha value is -2.37. The largest absolute Gasteiger partial charge is 0.444 e. The van der Waals surface area contributed by atoms with Crippen LogP contribution < -0.4 is 5.32 Å². The summed E-state index contributed by atoms with van der Waals surface area (Å²) in [5, 5.41) is 2.49. The van der Waals surface area contributed by atoms with Crippen LogP contribution in [0.5, 0.6) is 0 Å². The predicted molar refractivity (Wildman–Crippen MR) is 93.9 cm³/mol. The number of ether oxygens (including phenoxy) is 2. The van der Waals surface area contributed by atoms with Gasteiger partial charge in [0, 0.05) is 6.42 Å². The summed E-state index contributed by atoms with van der Waals surface area (Å²) in [7, 11) is 0. The molecule has 0 bridgehead atoms. The monoisotopic (exact) mass is 349 g/mol. The Bertz CT molecular complexity index is 611. The molecule has 0 saturated heterocycles. The highest BCUT2D eigenvalue weighted by Crippen LogP contribution is 2.16. The fraction of sp³-hybridized carbons (Fsp3) is 0.526. The summed E-state index contributed by atoms with van der Waals surface area (Å²) in [6.45, 7) is 10.1. The summed E-state index contributed by atoms with van der Waals surface area (Å²) in [4.78, 5) is 36.4. The van der Waals surface area contributed by atoms with Crippen LogP contribution in [0.25, 0.3) is 0 Å². The third kappa shape index (κ3) is 7.83. The molecule has 0 aliphatic heterocycles. The average molecular weight is 349 g/mol. The molecule has 0 radical (unpaired) electrons. The predicted octanol–water partition coefficient (Wildman–Crippen LogP) is 3.24. The van der Waals surface area contributed by atoms with Crippen molar-refractivity contribution in [1.82, 2.24) is 5.32 Å². The lowest BCUT2D eigenvalue weighted by Gasteiger charge is -2.23. The van der Waals surface area contributed by atoms with E-state index in [2.05, 4.69) is 5.32 Å². The van der Waals surface area contributed by atoms with Gasteiger partial charge in [0.05, 0.1) is 5.41 Å². The normalized spacial score (nSPS) is 12.9. The van der Waals surface area contributed by atoms with Crippen molar-refractivity contribution in [2.45, 2.75) is 59.6 Å². The van der Waals surface area contributed by atoms with Crippen LogP contribution in [0.15, 0.2) is 30.3 Å². The zero-order valence-electron chi connectivity index (χ0n) is 15.7. The van der Waals surface area contributed by atoms with E-state index < -0.39 is 35.1 Å². The molecular weight excluding hydrogens is 322 g/mol. The van der Waals surface area contributed by atoms with Crippen LogP contribution in [0, 0.1) is 5.41 Å². The lowest BCUT2D eigenvalue weighted by atomic mass is 9.97. The molecule has 0 spiro atoms. The second-order valence-electron chi connectivity index (χ2n) is 7.85. The molecular formula is C19H27NO5. The molecule has 0 heterocycles. The summed E-state index contributed by atoms with van der Waals surface area (Å²) >= 11 is 0. The number of carbonyl (C=O) groups excluding carboxylic acids is 3. The Balaban J connectivity index is 2.88. The standard InChI is InChI=1S/C19H27NO5/c1-18(2,3)16(22)24-15(21)14(12-13-10-8-7-9-11-13)20-17(23)25-19(4,5)6/h7-11,14H,12H2,1-6H3,(H,20,23)/t14-/m0/s1. The van der Waals surface area contributed by atoms with Crippen molar-refractivity contribution in [2.24, 2.45) is 5.41 Å². The molecule has 0 aliphatic rings. The first-order valence-electron chi connectivity index (χ1n) is 8.18. The Morgan fingerprint density at radius 2 is 1.56 bits per heavy atom. The van der Waals surface area contributed by atoms with Crippen molar-refractivity contribution in [3.8, 4) is 0 Å². The number of amides is 1. The van der Waals surface area contributed by atoms with Gasteiger partial charge in [-0.05, 0) is 47.1 Å². The first-order chi connectivity index (χ1) is 11.4. The quantitative estimate of drug-likeness (QED) is 0.666. The summed E-state index contributed by atoms with van der Waals surface area (Å²) < 4.78 is 10.1. The number of nitrogens with one attached hydrogen (secondary N) is 1. The molecule has 25 heavy (non-hydrogen) atoms. The number of alkyl carbamates (subject to hydrolysis) is 1. The van der Waals surface area contributed by atoms with Crippen molar-refractivity contribution in [2.75, 3.05) is 0 Å². The molecule has 6 nitrogen and oxygen atoms in total. The second-order valence-corrected chi connectivity index (χ2v) is 7.85. The summed E-state index contributed by atoms with van der Waals surface area (Å²) in [5.74, 6) is -1.46. The molecule has 1 rings (SSSR count). The topological polar surface area (TPSA) is 81.7 Å². The van der Waals surface area contributed by atoms with Gasteiger partial charge in [0.25, 0.3) is 0 Å². The molecule has 1 N–H and O–H groups in total. The van der Waals surface area contributed by atoms with Crippen molar-refractivity contribution in [3.05, 3.63) is 35.9 Å². The summed E-state index contributed by atoms with van der Waals surface area (Å²) in [6, 6.07) is 8.12. The molecule has 1 aromatic rings. The highest BCUT2D eigenvalue weighted by atomic mass is 16.6. The molecule has 0 fully saturated rings. The minimum absolute atomic E-state index is 0.191. The lowest BCUT2D eigenvalue weighted by Crippen LogP contribution is -2.46. The maximum Gasteiger partial charge on any atom is 0.408 e. The van der Waals surface area contributed by atoms with E-state index in [1.165, 1.54) is 0 Å². The first-order valence-corrected chi connectivity index (χ1v) is 8.18. The smallest absolute Gasteiger partial charge is 0.408 e. The van der Waals surface area contributed by atoms with Crippen molar-refractivity contribution in [1.29, 1.82) is 0 Å². The van der Waals surface area contributed by atoms with E-state index in [-0.39, 0.29) is 6.42 Å². The second kappa shape index (κ2) is 8.14. The van der Waals surface area contributed by atoms with Gasteiger partial charge in [-0.1, -0.05) is 30.3 Å². The number of hydrogen-bond acceptors (Lipinski definition) is 5. The van der Waals surface area contributed by atoms with Crippen LogP contribution in [0.3, 0.4) is 0 Å². The van der Waals surface area contributed by atoms with Crippen molar-refractivity contribution in [3.63, 3.8) is 0 Å². The molecule has 1 amide bonds. The molecule has 0 aromatic heterocycles. The SMILES string of the molecule is CC(C)(C)OC(=O)N[C@@H](Cc1ccccc1)C(=O)OC(=O)C(C)(C)C. The number of hydrogen-bond donors (Lipinski definition) is 1. The van der Waals surface area contributed by atoms with Gasteiger partial charge in [-0.2, -0.15) is 0 Å². The minimum atomic E-state index is -1.02. The van der Waals surface area contributed by atoms with E-state index in [0.29, 0.717) is 0 Å². The van der Waals surface area contributed by atoms with Crippen LogP contribution >= 0.6 is 0 Å². The maximum absolute atomic E-state index is 12.4. The van der Waals surface area contributed by atoms with Gasteiger partial charge < -0.3 is 14.8 Å². The molecule has 1 aromatic carbocycles. The average Bonchev–Trinajstić information content (AvgIpc) is 2.44. The fourth-order valence-electron chi connectivity index (χ4n) is 1.81. The highest BCUT2D eigenvalue weighted by Gasteiger charge is 2.31. The van der Waals surface area contributed by atoms with E-state index >= 15 is 0 Å². The van der Waals surface area contributed by atoms with Gasteiger partial charge in [-0.25, -0.2) is 9.59 Å². The Morgan fingerprint density at radius 1 is 1.00 bits per heavy atom. The highest BCUT2D eigenvalue weighted by molar-refractivity contribution is 5.92. The summed E-state index contributed by atoms with van der Waals surface area (Å²) in [5.41, 5.74) is -0.700. The Morgan fingerprint density at radius 3 is 2.04 bits per heavy atom.